The van der Waals surface area contributed by atoms with E-state index in [-0.39, 0.29) is 5.91 Å². The fourth-order valence-electron chi connectivity index (χ4n) is 1.80. The van der Waals surface area contributed by atoms with Crippen molar-refractivity contribution in [2.24, 2.45) is 17.4 Å². The summed E-state index contributed by atoms with van der Waals surface area (Å²) in [6, 6.07) is 0.299. The van der Waals surface area contributed by atoms with E-state index in [2.05, 4.69) is 0 Å². The molecule has 0 aromatic heterocycles. The van der Waals surface area contributed by atoms with E-state index in [0.29, 0.717) is 18.4 Å². The third-order valence-corrected chi connectivity index (χ3v) is 2.31. The summed E-state index contributed by atoms with van der Waals surface area (Å²) in [4.78, 5) is 10.6. The van der Waals surface area contributed by atoms with Crippen molar-refractivity contribution in [2.45, 2.75) is 38.1 Å². The molecule has 0 spiro atoms. The molecule has 0 unspecified atom stereocenters. The lowest BCUT2D eigenvalue weighted by Crippen LogP contribution is -2.30. The Morgan fingerprint density at radius 3 is 2.73 bits per heavy atom. The lowest BCUT2D eigenvalue weighted by molar-refractivity contribution is -0.119. The maximum atomic E-state index is 10.6. The number of hydrogen-bond donors (Lipinski definition) is 2. The number of carbonyl (C=O) groups is 1. The van der Waals surface area contributed by atoms with Crippen molar-refractivity contribution in [3.05, 3.63) is 0 Å². The van der Waals surface area contributed by atoms with Crippen molar-refractivity contribution in [2.75, 3.05) is 0 Å². The van der Waals surface area contributed by atoms with Crippen LogP contribution in [0.2, 0.25) is 0 Å². The topological polar surface area (TPSA) is 69.1 Å². The average molecular weight is 156 g/mol. The van der Waals surface area contributed by atoms with E-state index in [1.165, 1.54) is 0 Å². The van der Waals surface area contributed by atoms with Crippen molar-refractivity contribution < 1.29 is 4.79 Å². The van der Waals surface area contributed by atoms with Crippen molar-refractivity contribution >= 4 is 5.91 Å². The van der Waals surface area contributed by atoms with Gasteiger partial charge in [-0.1, -0.05) is 6.42 Å². The molecule has 0 radical (unpaired) electrons. The fourth-order valence-corrected chi connectivity index (χ4v) is 1.80. The predicted octanol–water partition coefficient (Wildman–Crippen LogP) is 0.379. The van der Waals surface area contributed by atoms with Gasteiger partial charge in [0, 0.05) is 12.5 Å². The molecular weight excluding hydrogens is 140 g/mol. The third kappa shape index (κ3) is 2.89. The summed E-state index contributed by atoms with van der Waals surface area (Å²) in [5, 5.41) is 0. The van der Waals surface area contributed by atoms with E-state index in [9.17, 15) is 4.79 Å². The summed E-state index contributed by atoms with van der Waals surface area (Å²) in [6.45, 7) is 0. The fraction of sp³-hybridized carbons (Fsp3) is 0.875. The van der Waals surface area contributed by atoms with Crippen LogP contribution in [0, 0.1) is 5.92 Å². The molecule has 2 atom stereocenters. The van der Waals surface area contributed by atoms with E-state index in [1.807, 2.05) is 0 Å². The highest BCUT2D eigenvalue weighted by Crippen LogP contribution is 2.25. The molecule has 3 heteroatoms. The second-order valence-corrected chi connectivity index (χ2v) is 3.46. The second kappa shape index (κ2) is 3.72. The Kier molecular flexibility index (Phi) is 2.88. The molecule has 4 N–H and O–H groups in total. The first-order chi connectivity index (χ1) is 5.18. The summed E-state index contributed by atoms with van der Waals surface area (Å²) < 4.78 is 0. The van der Waals surface area contributed by atoms with E-state index in [4.69, 9.17) is 11.5 Å². The Balaban J connectivity index is 2.28. The van der Waals surface area contributed by atoms with Crippen LogP contribution in [0.5, 0.6) is 0 Å². The molecule has 1 amide bonds. The van der Waals surface area contributed by atoms with Gasteiger partial charge in [-0.2, -0.15) is 0 Å². The van der Waals surface area contributed by atoms with Gasteiger partial charge in [0.15, 0.2) is 0 Å². The third-order valence-electron chi connectivity index (χ3n) is 2.31. The minimum absolute atomic E-state index is 0.191. The van der Waals surface area contributed by atoms with Crippen LogP contribution < -0.4 is 11.5 Å². The Morgan fingerprint density at radius 2 is 2.18 bits per heavy atom. The molecule has 0 heterocycles. The van der Waals surface area contributed by atoms with Crippen LogP contribution in [0.3, 0.4) is 0 Å². The SMILES string of the molecule is NC(=O)C[C@H]1CCC[C@H](N)C1. The van der Waals surface area contributed by atoms with Crippen LogP contribution in [-0.4, -0.2) is 11.9 Å². The lowest BCUT2D eigenvalue weighted by atomic mass is 9.84. The quantitative estimate of drug-likeness (QED) is 0.606. The second-order valence-electron chi connectivity index (χ2n) is 3.46. The predicted molar refractivity (Wildman–Crippen MR) is 43.7 cm³/mol. The van der Waals surface area contributed by atoms with E-state index in [0.717, 1.165) is 25.7 Å². The van der Waals surface area contributed by atoms with Gasteiger partial charge in [-0.05, 0) is 25.2 Å². The van der Waals surface area contributed by atoms with E-state index in [1.54, 1.807) is 0 Å². The molecule has 0 aromatic carbocycles. The van der Waals surface area contributed by atoms with Gasteiger partial charge in [0.25, 0.3) is 0 Å². The smallest absolute Gasteiger partial charge is 0.217 e. The van der Waals surface area contributed by atoms with Crippen molar-refractivity contribution in [1.82, 2.24) is 0 Å². The summed E-state index contributed by atoms with van der Waals surface area (Å²) >= 11 is 0. The van der Waals surface area contributed by atoms with Crippen molar-refractivity contribution in [1.29, 1.82) is 0 Å². The Bertz CT molecular complexity index is 147. The molecule has 11 heavy (non-hydrogen) atoms. The van der Waals surface area contributed by atoms with Crippen LogP contribution in [0.1, 0.15) is 32.1 Å². The Morgan fingerprint density at radius 1 is 1.45 bits per heavy atom. The molecule has 1 saturated carbocycles. The normalized spacial score (nSPS) is 31.7. The van der Waals surface area contributed by atoms with Crippen LogP contribution in [0.15, 0.2) is 0 Å². The number of carbonyl (C=O) groups excluding carboxylic acids is 1. The molecule has 0 bridgehead atoms. The zero-order chi connectivity index (χ0) is 8.27. The van der Waals surface area contributed by atoms with Gasteiger partial charge in [-0.25, -0.2) is 0 Å². The van der Waals surface area contributed by atoms with Gasteiger partial charge in [-0.3, -0.25) is 4.79 Å². The van der Waals surface area contributed by atoms with Gasteiger partial charge < -0.3 is 11.5 Å². The molecule has 0 saturated heterocycles. The van der Waals surface area contributed by atoms with Crippen molar-refractivity contribution in [3.8, 4) is 0 Å². The minimum atomic E-state index is -0.191. The number of nitrogens with two attached hydrogens (primary N) is 2. The summed E-state index contributed by atoms with van der Waals surface area (Å²) in [7, 11) is 0. The first-order valence-corrected chi connectivity index (χ1v) is 4.22. The van der Waals surface area contributed by atoms with Gasteiger partial charge in [0.1, 0.15) is 0 Å². The first kappa shape index (κ1) is 8.53. The molecule has 0 aliphatic heterocycles. The van der Waals surface area contributed by atoms with E-state index < -0.39 is 0 Å². The zero-order valence-electron chi connectivity index (χ0n) is 6.75. The summed E-state index contributed by atoms with van der Waals surface area (Å²) in [6.07, 6.45) is 4.88. The van der Waals surface area contributed by atoms with E-state index >= 15 is 0 Å². The molecule has 1 rings (SSSR count). The Labute approximate surface area is 67.1 Å². The number of primary amides is 1. The van der Waals surface area contributed by atoms with Gasteiger partial charge >= 0.3 is 0 Å². The molecule has 3 nitrogen and oxygen atoms in total. The highest BCUT2D eigenvalue weighted by molar-refractivity contribution is 5.73. The average Bonchev–Trinajstić information content (AvgIpc) is 1.85. The highest BCUT2D eigenvalue weighted by atomic mass is 16.1. The Hall–Kier alpha value is -0.570. The maximum absolute atomic E-state index is 10.6. The largest absolute Gasteiger partial charge is 0.370 e. The standard InChI is InChI=1S/C8H16N2O/c9-7-3-1-2-6(4-7)5-8(10)11/h6-7H,1-5,9H2,(H2,10,11)/t6-,7-/m0/s1. The monoisotopic (exact) mass is 156 g/mol. The van der Waals surface area contributed by atoms with Crippen LogP contribution in [0.4, 0.5) is 0 Å². The van der Waals surface area contributed by atoms with Gasteiger partial charge in [0.2, 0.25) is 5.91 Å². The maximum Gasteiger partial charge on any atom is 0.217 e. The van der Waals surface area contributed by atoms with Crippen LogP contribution in [0.25, 0.3) is 0 Å². The lowest BCUT2D eigenvalue weighted by Gasteiger charge is -2.25. The number of rotatable bonds is 2. The zero-order valence-corrected chi connectivity index (χ0v) is 6.75. The molecule has 0 aromatic rings. The number of hydrogen-bond acceptors (Lipinski definition) is 2. The van der Waals surface area contributed by atoms with Crippen molar-refractivity contribution in [3.63, 3.8) is 0 Å². The van der Waals surface area contributed by atoms with Gasteiger partial charge in [-0.15, -0.1) is 0 Å². The summed E-state index contributed by atoms with van der Waals surface area (Å²) in [5.41, 5.74) is 10.8. The molecule has 1 fully saturated rings. The number of amides is 1. The molecule has 1 aliphatic rings. The minimum Gasteiger partial charge on any atom is -0.370 e. The van der Waals surface area contributed by atoms with Gasteiger partial charge in [0.05, 0.1) is 0 Å². The van der Waals surface area contributed by atoms with Crippen LogP contribution in [-0.2, 0) is 4.79 Å². The molecule has 64 valence electrons. The van der Waals surface area contributed by atoms with Crippen LogP contribution >= 0.6 is 0 Å². The molecular formula is C8H16N2O. The first-order valence-electron chi connectivity index (χ1n) is 4.22. The molecule has 1 aliphatic carbocycles. The summed E-state index contributed by atoms with van der Waals surface area (Å²) in [5.74, 6) is 0.264. The highest BCUT2D eigenvalue weighted by Gasteiger charge is 2.20.